The first-order valence-electron chi connectivity index (χ1n) is 5.83. The summed E-state index contributed by atoms with van der Waals surface area (Å²) in [4.78, 5) is 26.3. The fraction of sp³-hybridized carbons (Fsp3) is 0.462. The second-order valence-corrected chi connectivity index (χ2v) is 3.25. The Morgan fingerprint density at radius 3 is 2.59 bits per heavy atom. The lowest BCUT2D eigenvalue weighted by molar-refractivity contribution is -0.135. The maximum atomic E-state index is 11.5. The van der Waals surface area contributed by atoms with E-state index < -0.39 is 0 Å². The van der Waals surface area contributed by atoms with Crippen molar-refractivity contribution in [3.63, 3.8) is 0 Å². The summed E-state index contributed by atoms with van der Waals surface area (Å²) < 4.78 is 0. The number of hydrogen-bond acceptors (Lipinski definition) is 3. The molecule has 1 atom stereocenters. The normalized spacial score (nSPS) is 20.6. The van der Waals surface area contributed by atoms with Crippen LogP contribution in [0.1, 0.15) is 33.6 Å². The molecule has 1 N–H and O–H groups in total. The topological polar surface area (TPSA) is 58.5 Å². The number of hydrogen-bond donors (Lipinski definition) is 1. The van der Waals surface area contributed by atoms with E-state index in [0.717, 1.165) is 5.57 Å². The Balaban J connectivity index is 0.00000121. The summed E-state index contributed by atoms with van der Waals surface area (Å²) in [5.41, 5.74) is 0.819. The molecule has 0 aromatic rings. The Kier molecular flexibility index (Phi) is 7.59. The van der Waals surface area contributed by atoms with Gasteiger partial charge in [0.2, 0.25) is 11.8 Å². The molecule has 1 saturated heterocycles. The van der Waals surface area contributed by atoms with Crippen molar-refractivity contribution in [1.82, 2.24) is 5.32 Å². The maximum Gasteiger partial charge on any atom is 0.234 e. The van der Waals surface area contributed by atoms with Crippen LogP contribution in [0.25, 0.3) is 0 Å². The van der Waals surface area contributed by atoms with Gasteiger partial charge in [-0.2, -0.15) is 0 Å². The quantitative estimate of drug-likeness (QED) is 0.603. The van der Waals surface area contributed by atoms with Crippen molar-refractivity contribution < 1.29 is 9.59 Å². The van der Waals surface area contributed by atoms with Gasteiger partial charge < -0.3 is 0 Å². The Bertz CT molecular complexity index is 343. The number of aliphatic imine (C=N–C) groups is 1. The van der Waals surface area contributed by atoms with Crippen LogP contribution in [0.15, 0.2) is 29.4 Å². The van der Waals surface area contributed by atoms with Gasteiger partial charge in [-0.1, -0.05) is 26.5 Å². The molecular weight excluding hydrogens is 216 g/mol. The van der Waals surface area contributed by atoms with Crippen LogP contribution >= 0.6 is 0 Å². The van der Waals surface area contributed by atoms with Gasteiger partial charge in [-0.15, -0.1) is 0 Å². The smallest absolute Gasteiger partial charge is 0.234 e. The minimum absolute atomic E-state index is 0.202. The van der Waals surface area contributed by atoms with Crippen LogP contribution in [0, 0.1) is 5.92 Å². The van der Waals surface area contributed by atoms with Gasteiger partial charge in [0, 0.05) is 18.8 Å². The molecule has 0 saturated carbocycles. The Labute approximate surface area is 103 Å². The van der Waals surface area contributed by atoms with Crippen molar-refractivity contribution in [2.45, 2.75) is 33.6 Å². The van der Waals surface area contributed by atoms with Gasteiger partial charge in [-0.3, -0.25) is 19.9 Å². The number of piperidine rings is 1. The first-order chi connectivity index (χ1) is 8.19. The molecule has 0 aromatic carbocycles. The predicted octanol–water partition coefficient (Wildman–Crippen LogP) is 2.23. The average Bonchev–Trinajstić information content (AvgIpc) is 2.34. The van der Waals surface area contributed by atoms with Crippen molar-refractivity contribution in [3.05, 3.63) is 24.4 Å². The number of rotatable bonds is 3. The van der Waals surface area contributed by atoms with Crippen LogP contribution in [-0.4, -0.2) is 18.0 Å². The Morgan fingerprint density at radius 1 is 1.47 bits per heavy atom. The predicted molar refractivity (Wildman–Crippen MR) is 69.7 cm³/mol. The summed E-state index contributed by atoms with van der Waals surface area (Å²) in [6, 6.07) is 0. The lowest BCUT2D eigenvalue weighted by atomic mass is 9.90. The first kappa shape index (κ1) is 15.3. The summed E-state index contributed by atoms with van der Waals surface area (Å²) >= 11 is 0. The lowest BCUT2D eigenvalue weighted by Crippen LogP contribution is -2.41. The van der Waals surface area contributed by atoms with Crippen LogP contribution in [0.3, 0.4) is 0 Å². The average molecular weight is 236 g/mol. The molecule has 1 aliphatic rings. The maximum absolute atomic E-state index is 11.5. The second kappa shape index (κ2) is 8.44. The van der Waals surface area contributed by atoms with E-state index in [1.165, 1.54) is 6.20 Å². The van der Waals surface area contributed by atoms with E-state index in [1.807, 2.05) is 26.8 Å². The van der Waals surface area contributed by atoms with E-state index in [1.54, 1.807) is 6.21 Å². The lowest BCUT2D eigenvalue weighted by Gasteiger charge is -2.21. The molecule has 1 aliphatic heterocycles. The zero-order valence-electron chi connectivity index (χ0n) is 10.7. The second-order valence-electron chi connectivity index (χ2n) is 3.25. The molecule has 2 amide bonds. The summed E-state index contributed by atoms with van der Waals surface area (Å²) in [7, 11) is 0. The number of nitrogens with one attached hydrogen (secondary N) is 1. The summed E-state index contributed by atoms with van der Waals surface area (Å²) in [6.45, 7) is 9.30. The van der Waals surface area contributed by atoms with E-state index in [2.05, 4.69) is 16.9 Å². The number of allylic oxidation sites excluding steroid dienone is 1. The van der Waals surface area contributed by atoms with E-state index in [9.17, 15) is 9.59 Å². The van der Waals surface area contributed by atoms with E-state index in [4.69, 9.17) is 0 Å². The number of carbonyl (C=O) groups excluding carboxylic acids is 2. The molecule has 0 bridgehead atoms. The minimum Gasteiger partial charge on any atom is -0.296 e. The molecule has 94 valence electrons. The summed E-state index contributed by atoms with van der Waals surface area (Å²) in [5.74, 6) is -0.710. The highest BCUT2D eigenvalue weighted by Gasteiger charge is 2.28. The zero-order chi connectivity index (χ0) is 13.3. The van der Waals surface area contributed by atoms with E-state index in [0.29, 0.717) is 12.8 Å². The SMILES string of the molecule is C=CN=C/C(=C\C)C1CCC(=O)NC1=O.CC. The first-order valence-corrected chi connectivity index (χ1v) is 5.83. The molecule has 0 spiro atoms. The Hall–Kier alpha value is -1.71. The molecule has 4 heteroatoms. The number of nitrogens with zero attached hydrogens (tertiary/aromatic N) is 1. The number of amides is 2. The van der Waals surface area contributed by atoms with Crippen molar-refractivity contribution in [2.24, 2.45) is 10.9 Å². The third kappa shape index (κ3) is 4.76. The third-order valence-electron chi connectivity index (χ3n) is 2.30. The standard InChI is InChI=1S/C11H14N2O2.C2H6/c1-3-8(7-12-4-2)9-5-6-10(14)13-11(9)15;1-2/h3-4,7,9H,2,5-6H2,1H3,(H,13,14,15);1-2H3/b8-3+,12-7?;. The van der Waals surface area contributed by atoms with Crippen LogP contribution < -0.4 is 5.32 Å². The highest BCUT2D eigenvalue weighted by molar-refractivity contribution is 6.02. The fourth-order valence-corrected chi connectivity index (χ4v) is 1.52. The van der Waals surface area contributed by atoms with Crippen molar-refractivity contribution in [2.75, 3.05) is 0 Å². The summed E-state index contributed by atoms with van der Waals surface area (Å²) in [5, 5.41) is 2.31. The van der Waals surface area contributed by atoms with Gasteiger partial charge in [-0.05, 0) is 18.9 Å². The van der Waals surface area contributed by atoms with Gasteiger partial charge in [0.05, 0.1) is 5.92 Å². The highest BCUT2D eigenvalue weighted by atomic mass is 16.2. The fourth-order valence-electron chi connectivity index (χ4n) is 1.52. The number of imide groups is 1. The van der Waals surface area contributed by atoms with Gasteiger partial charge in [-0.25, -0.2) is 0 Å². The van der Waals surface area contributed by atoms with Crippen LogP contribution in [0.2, 0.25) is 0 Å². The Morgan fingerprint density at radius 2 is 2.12 bits per heavy atom. The molecular formula is C13H20N2O2. The van der Waals surface area contributed by atoms with E-state index >= 15 is 0 Å². The molecule has 17 heavy (non-hydrogen) atoms. The molecule has 1 unspecified atom stereocenters. The van der Waals surface area contributed by atoms with Crippen molar-refractivity contribution in [1.29, 1.82) is 0 Å². The zero-order valence-corrected chi connectivity index (χ0v) is 10.7. The molecule has 4 nitrogen and oxygen atoms in total. The van der Waals surface area contributed by atoms with E-state index in [-0.39, 0.29) is 17.7 Å². The van der Waals surface area contributed by atoms with Crippen LogP contribution in [0.5, 0.6) is 0 Å². The van der Waals surface area contributed by atoms with Gasteiger partial charge >= 0.3 is 0 Å². The molecule has 1 rings (SSSR count). The van der Waals surface area contributed by atoms with Gasteiger partial charge in [0.1, 0.15) is 0 Å². The molecule has 0 radical (unpaired) electrons. The van der Waals surface area contributed by atoms with Crippen LogP contribution in [-0.2, 0) is 9.59 Å². The highest BCUT2D eigenvalue weighted by Crippen LogP contribution is 2.19. The van der Waals surface area contributed by atoms with Gasteiger partial charge in [0.25, 0.3) is 0 Å². The minimum atomic E-state index is -0.267. The summed E-state index contributed by atoms with van der Waals surface area (Å²) in [6.07, 6.45) is 5.78. The number of carbonyl (C=O) groups is 2. The van der Waals surface area contributed by atoms with Crippen molar-refractivity contribution >= 4 is 18.0 Å². The molecule has 1 heterocycles. The largest absolute Gasteiger partial charge is 0.296 e. The monoisotopic (exact) mass is 236 g/mol. The molecule has 1 fully saturated rings. The van der Waals surface area contributed by atoms with Crippen LogP contribution in [0.4, 0.5) is 0 Å². The molecule has 0 aromatic heterocycles. The third-order valence-corrected chi connectivity index (χ3v) is 2.30. The molecule has 0 aliphatic carbocycles. The van der Waals surface area contributed by atoms with Crippen molar-refractivity contribution in [3.8, 4) is 0 Å². The van der Waals surface area contributed by atoms with Gasteiger partial charge in [0.15, 0.2) is 0 Å².